The summed E-state index contributed by atoms with van der Waals surface area (Å²) in [4.78, 5) is 9.11. The Morgan fingerprint density at radius 2 is 1.80 bits per heavy atom. The Balaban J connectivity index is 1.81. The quantitative estimate of drug-likeness (QED) is 0.763. The van der Waals surface area contributed by atoms with E-state index in [9.17, 15) is 8.78 Å². The van der Waals surface area contributed by atoms with Gasteiger partial charge < -0.3 is 10.6 Å². The number of nitrogens with one attached hydrogen (secondary N) is 2. The summed E-state index contributed by atoms with van der Waals surface area (Å²) in [6, 6.07) is 11.3. The maximum Gasteiger partial charge on any atom is 0.224 e. The van der Waals surface area contributed by atoms with Gasteiger partial charge in [-0.05, 0) is 44.1 Å². The molecule has 4 rings (SSSR count). The molecule has 25 heavy (non-hydrogen) atoms. The molecule has 1 fully saturated rings. The smallest absolute Gasteiger partial charge is 0.224 e. The number of hydrogen-bond acceptors (Lipinski definition) is 4. The van der Waals surface area contributed by atoms with Gasteiger partial charge in [-0.1, -0.05) is 18.2 Å². The van der Waals surface area contributed by atoms with Gasteiger partial charge in [0.15, 0.2) is 0 Å². The van der Waals surface area contributed by atoms with Crippen LogP contribution in [0.4, 0.5) is 14.7 Å². The number of anilines is 1. The monoisotopic (exact) mass is 340 g/mol. The molecule has 2 heterocycles. The molecule has 1 aromatic heterocycles. The average molecular weight is 340 g/mol. The molecule has 128 valence electrons. The van der Waals surface area contributed by atoms with E-state index in [0.717, 1.165) is 42.9 Å². The van der Waals surface area contributed by atoms with Crippen molar-refractivity contribution in [2.24, 2.45) is 0 Å². The largest absolute Gasteiger partial charge is 0.351 e. The molecule has 2 N–H and O–H groups in total. The molecule has 6 heteroatoms. The molecule has 0 bridgehead atoms. The Morgan fingerprint density at radius 1 is 1.00 bits per heavy atom. The van der Waals surface area contributed by atoms with Gasteiger partial charge in [0.2, 0.25) is 5.95 Å². The second-order valence-corrected chi connectivity index (χ2v) is 6.21. The van der Waals surface area contributed by atoms with Gasteiger partial charge in [-0.2, -0.15) is 0 Å². The van der Waals surface area contributed by atoms with E-state index >= 15 is 0 Å². The van der Waals surface area contributed by atoms with Crippen LogP contribution in [-0.2, 0) is 0 Å². The molecule has 0 aliphatic carbocycles. The highest BCUT2D eigenvalue weighted by Crippen LogP contribution is 2.29. The molecular weight excluding hydrogens is 322 g/mol. The fourth-order valence-corrected chi connectivity index (χ4v) is 3.18. The van der Waals surface area contributed by atoms with E-state index in [1.807, 2.05) is 24.3 Å². The second kappa shape index (κ2) is 6.72. The zero-order valence-corrected chi connectivity index (χ0v) is 13.6. The first-order chi connectivity index (χ1) is 12.2. The molecule has 0 spiro atoms. The van der Waals surface area contributed by atoms with E-state index in [4.69, 9.17) is 0 Å². The number of piperidine rings is 1. The van der Waals surface area contributed by atoms with Crippen molar-refractivity contribution in [3.05, 3.63) is 54.1 Å². The predicted octanol–water partition coefficient (Wildman–Crippen LogP) is 3.74. The van der Waals surface area contributed by atoms with Crippen molar-refractivity contribution in [1.29, 1.82) is 0 Å². The first kappa shape index (κ1) is 15.9. The lowest BCUT2D eigenvalue weighted by Gasteiger charge is -2.24. The zero-order chi connectivity index (χ0) is 17.2. The highest BCUT2D eigenvalue weighted by Gasteiger charge is 2.17. The number of hydrogen-bond donors (Lipinski definition) is 2. The van der Waals surface area contributed by atoms with Crippen molar-refractivity contribution in [3.8, 4) is 11.3 Å². The van der Waals surface area contributed by atoms with Crippen molar-refractivity contribution in [1.82, 2.24) is 15.3 Å². The summed E-state index contributed by atoms with van der Waals surface area (Å²) >= 11 is 0. The van der Waals surface area contributed by atoms with Gasteiger partial charge in [0.05, 0.1) is 11.2 Å². The van der Waals surface area contributed by atoms with Gasteiger partial charge >= 0.3 is 0 Å². The summed E-state index contributed by atoms with van der Waals surface area (Å²) in [5.74, 6) is -0.756. The number of rotatable bonds is 3. The molecule has 0 atom stereocenters. The number of benzene rings is 2. The summed E-state index contributed by atoms with van der Waals surface area (Å²) < 4.78 is 27.6. The first-order valence-electron chi connectivity index (χ1n) is 8.40. The number of para-hydroxylation sites is 1. The third-order valence-electron chi connectivity index (χ3n) is 4.46. The number of aromatic nitrogens is 2. The van der Waals surface area contributed by atoms with E-state index in [-0.39, 0.29) is 11.6 Å². The molecule has 0 unspecified atom stereocenters. The summed E-state index contributed by atoms with van der Waals surface area (Å²) in [7, 11) is 0. The van der Waals surface area contributed by atoms with E-state index in [0.29, 0.717) is 11.6 Å². The third-order valence-corrected chi connectivity index (χ3v) is 4.46. The Labute approximate surface area is 144 Å². The SMILES string of the molecule is Fc1ccc(-c2nc(NC3CCNCC3)nc3ccccc23)c(F)c1. The summed E-state index contributed by atoms with van der Waals surface area (Å²) in [6.45, 7) is 1.90. The van der Waals surface area contributed by atoms with Crippen LogP contribution in [0.1, 0.15) is 12.8 Å². The molecule has 3 aromatic rings. The minimum Gasteiger partial charge on any atom is -0.351 e. The number of fused-ring (bicyclic) bond motifs is 1. The van der Waals surface area contributed by atoms with Gasteiger partial charge in [0.25, 0.3) is 0 Å². The van der Waals surface area contributed by atoms with Crippen LogP contribution in [0.5, 0.6) is 0 Å². The van der Waals surface area contributed by atoms with Gasteiger partial charge in [-0.25, -0.2) is 18.7 Å². The number of halogens is 2. The lowest BCUT2D eigenvalue weighted by atomic mass is 10.1. The minimum atomic E-state index is -0.628. The fourth-order valence-electron chi connectivity index (χ4n) is 3.18. The normalized spacial score (nSPS) is 15.4. The van der Waals surface area contributed by atoms with Crippen LogP contribution < -0.4 is 10.6 Å². The Hall–Kier alpha value is -2.60. The van der Waals surface area contributed by atoms with Crippen molar-refractivity contribution < 1.29 is 8.78 Å². The summed E-state index contributed by atoms with van der Waals surface area (Å²) in [5, 5.41) is 7.41. The molecule has 1 saturated heterocycles. The lowest BCUT2D eigenvalue weighted by molar-refractivity contribution is 0.477. The van der Waals surface area contributed by atoms with Crippen LogP contribution in [0, 0.1) is 11.6 Å². The van der Waals surface area contributed by atoms with Crippen LogP contribution in [0.3, 0.4) is 0 Å². The Kier molecular flexibility index (Phi) is 4.28. The molecular formula is C19H18F2N4. The zero-order valence-electron chi connectivity index (χ0n) is 13.6. The lowest BCUT2D eigenvalue weighted by Crippen LogP contribution is -2.35. The van der Waals surface area contributed by atoms with E-state index in [1.165, 1.54) is 12.1 Å². The van der Waals surface area contributed by atoms with E-state index in [2.05, 4.69) is 20.6 Å². The topological polar surface area (TPSA) is 49.8 Å². The van der Waals surface area contributed by atoms with Crippen molar-refractivity contribution in [2.45, 2.75) is 18.9 Å². The Morgan fingerprint density at radius 3 is 2.60 bits per heavy atom. The van der Waals surface area contributed by atoms with E-state index < -0.39 is 11.6 Å². The molecule has 0 radical (unpaired) electrons. The second-order valence-electron chi connectivity index (χ2n) is 6.21. The van der Waals surface area contributed by atoms with Crippen molar-refractivity contribution >= 4 is 16.9 Å². The van der Waals surface area contributed by atoms with Crippen LogP contribution in [0.15, 0.2) is 42.5 Å². The number of nitrogens with zero attached hydrogens (tertiary/aromatic N) is 2. The predicted molar refractivity (Wildman–Crippen MR) is 94.4 cm³/mol. The molecule has 0 saturated carbocycles. The van der Waals surface area contributed by atoms with Gasteiger partial charge in [0, 0.05) is 23.1 Å². The van der Waals surface area contributed by atoms with Crippen LogP contribution in [0.25, 0.3) is 22.2 Å². The first-order valence-corrected chi connectivity index (χ1v) is 8.40. The van der Waals surface area contributed by atoms with Crippen molar-refractivity contribution in [2.75, 3.05) is 18.4 Å². The molecule has 2 aromatic carbocycles. The van der Waals surface area contributed by atoms with Crippen LogP contribution in [0.2, 0.25) is 0 Å². The standard InChI is InChI=1S/C19H18F2N4/c20-12-5-6-14(16(21)11-12)18-15-3-1-2-4-17(15)24-19(25-18)23-13-7-9-22-10-8-13/h1-6,11,13,22H,7-10H2,(H,23,24,25). The maximum atomic E-state index is 14.3. The maximum absolute atomic E-state index is 14.3. The third kappa shape index (κ3) is 3.30. The average Bonchev–Trinajstić information content (AvgIpc) is 2.62. The molecule has 1 aliphatic rings. The molecule has 1 aliphatic heterocycles. The summed E-state index contributed by atoms with van der Waals surface area (Å²) in [6.07, 6.45) is 1.97. The fraction of sp³-hybridized carbons (Fsp3) is 0.263. The molecule has 0 amide bonds. The van der Waals surface area contributed by atoms with Gasteiger partial charge in [-0.3, -0.25) is 0 Å². The highest BCUT2D eigenvalue weighted by atomic mass is 19.1. The summed E-state index contributed by atoms with van der Waals surface area (Å²) in [5.41, 5.74) is 1.47. The van der Waals surface area contributed by atoms with E-state index in [1.54, 1.807) is 0 Å². The van der Waals surface area contributed by atoms with Gasteiger partial charge in [-0.15, -0.1) is 0 Å². The Bertz CT molecular complexity index is 907. The molecule has 4 nitrogen and oxygen atoms in total. The van der Waals surface area contributed by atoms with Crippen molar-refractivity contribution in [3.63, 3.8) is 0 Å². The van der Waals surface area contributed by atoms with Gasteiger partial charge in [0.1, 0.15) is 11.6 Å². The van der Waals surface area contributed by atoms with Crippen LogP contribution >= 0.6 is 0 Å². The minimum absolute atomic E-state index is 0.272. The highest BCUT2D eigenvalue weighted by molar-refractivity contribution is 5.93. The van der Waals surface area contributed by atoms with Crippen LogP contribution in [-0.4, -0.2) is 29.1 Å².